The quantitative estimate of drug-likeness (QED) is 0.292. The van der Waals surface area contributed by atoms with Crippen LogP contribution in [0.4, 0.5) is 0 Å². The van der Waals surface area contributed by atoms with Crippen molar-refractivity contribution in [1.29, 1.82) is 0 Å². The Morgan fingerprint density at radius 2 is 1.12 bits per heavy atom. The first-order chi connectivity index (χ1) is 12.1. The number of carbonyl (C=O) groups is 4. The van der Waals surface area contributed by atoms with Gasteiger partial charge >= 0.3 is 23.9 Å². The van der Waals surface area contributed by atoms with Gasteiger partial charge in [0.05, 0.1) is 26.2 Å². The summed E-state index contributed by atoms with van der Waals surface area (Å²) in [5.41, 5.74) is 0. The Morgan fingerprint density at radius 1 is 0.731 bits per heavy atom. The van der Waals surface area contributed by atoms with Crippen LogP contribution < -0.4 is 0 Å². The molecule has 10 nitrogen and oxygen atoms in total. The molecule has 0 rings (SSSR count). The molecular weight excluding hydrogens is 348 g/mol. The lowest BCUT2D eigenvalue weighted by Crippen LogP contribution is -2.55. The molecule has 0 aromatic carbocycles. The molecule has 0 spiro atoms. The van der Waals surface area contributed by atoms with E-state index in [-0.39, 0.29) is 0 Å². The molecule has 0 aliphatic rings. The minimum absolute atomic E-state index is 0.436. The normalized spacial score (nSPS) is 13.5. The van der Waals surface area contributed by atoms with E-state index in [1.54, 1.807) is 6.92 Å². The lowest BCUT2D eigenvalue weighted by Gasteiger charge is -2.38. The Hall–Kier alpha value is -2.20. The van der Waals surface area contributed by atoms with E-state index in [1.807, 2.05) is 6.92 Å². The molecule has 0 bridgehead atoms. The van der Waals surface area contributed by atoms with Gasteiger partial charge in [0.1, 0.15) is 0 Å². The van der Waals surface area contributed by atoms with E-state index in [0.717, 1.165) is 12.8 Å². The van der Waals surface area contributed by atoms with Gasteiger partial charge in [-0.25, -0.2) is 0 Å². The molecule has 10 heteroatoms. The highest BCUT2D eigenvalue weighted by Crippen LogP contribution is 2.18. The Kier molecular flexibility index (Phi) is 11.2. The fourth-order valence-corrected chi connectivity index (χ4v) is 2.90. The Bertz CT molecular complexity index is 465. The van der Waals surface area contributed by atoms with Crippen molar-refractivity contribution in [3.63, 3.8) is 0 Å². The van der Waals surface area contributed by atoms with Crippen LogP contribution in [0.2, 0.25) is 0 Å². The van der Waals surface area contributed by atoms with Crippen LogP contribution in [0.5, 0.6) is 0 Å². The monoisotopic (exact) mass is 376 g/mol. The molecule has 0 aliphatic heterocycles. The van der Waals surface area contributed by atoms with Crippen LogP contribution in [0, 0.1) is 0 Å². The zero-order valence-electron chi connectivity index (χ0n) is 15.1. The molecule has 0 aromatic rings. The Morgan fingerprint density at radius 3 is 1.46 bits per heavy atom. The van der Waals surface area contributed by atoms with E-state index >= 15 is 0 Å². The minimum Gasteiger partial charge on any atom is -0.480 e. The smallest absolute Gasteiger partial charge is 0.317 e. The number of rotatable bonds is 15. The molecule has 0 heterocycles. The number of nitrogens with zero attached hydrogens (tertiary/aromatic N) is 2. The highest BCUT2D eigenvalue weighted by atomic mass is 16.4. The van der Waals surface area contributed by atoms with Crippen LogP contribution in [0.25, 0.3) is 0 Å². The van der Waals surface area contributed by atoms with Crippen molar-refractivity contribution >= 4 is 23.9 Å². The van der Waals surface area contributed by atoms with Crippen molar-refractivity contribution in [3.8, 4) is 0 Å². The zero-order valence-corrected chi connectivity index (χ0v) is 15.1. The number of carboxylic acid groups (broad SMARTS) is 4. The summed E-state index contributed by atoms with van der Waals surface area (Å²) in [7, 11) is 0. The highest BCUT2D eigenvalue weighted by molar-refractivity contribution is 5.73. The molecular formula is C16H28N2O8. The van der Waals surface area contributed by atoms with Crippen LogP contribution in [-0.2, 0) is 19.2 Å². The first kappa shape index (κ1) is 23.8. The molecule has 26 heavy (non-hydrogen) atoms. The minimum atomic E-state index is -1.21. The third-order valence-electron chi connectivity index (χ3n) is 4.06. The van der Waals surface area contributed by atoms with E-state index in [2.05, 4.69) is 0 Å². The molecule has 0 saturated heterocycles. The number of aliphatic carboxylic acids is 4. The summed E-state index contributed by atoms with van der Waals surface area (Å²) in [6, 6.07) is -1.26. The number of hydrogen-bond acceptors (Lipinski definition) is 6. The first-order valence-electron chi connectivity index (χ1n) is 8.43. The summed E-state index contributed by atoms with van der Waals surface area (Å²) >= 11 is 0. The van der Waals surface area contributed by atoms with Crippen LogP contribution in [0.3, 0.4) is 0 Å². The number of carboxylic acids is 4. The first-order valence-corrected chi connectivity index (χ1v) is 8.43. The molecule has 0 saturated carbocycles. The molecule has 0 aliphatic carbocycles. The van der Waals surface area contributed by atoms with Gasteiger partial charge in [0, 0.05) is 12.1 Å². The van der Waals surface area contributed by atoms with Gasteiger partial charge in [0.25, 0.3) is 0 Å². The van der Waals surface area contributed by atoms with Crippen LogP contribution >= 0.6 is 0 Å². The molecule has 150 valence electrons. The van der Waals surface area contributed by atoms with Crippen molar-refractivity contribution in [2.75, 3.05) is 26.2 Å². The molecule has 0 radical (unpaired) electrons. The molecule has 0 fully saturated rings. The van der Waals surface area contributed by atoms with Crippen LogP contribution in [0.15, 0.2) is 0 Å². The third-order valence-corrected chi connectivity index (χ3v) is 4.06. The summed E-state index contributed by atoms with van der Waals surface area (Å²) in [5, 5.41) is 36.3. The second kappa shape index (κ2) is 12.2. The van der Waals surface area contributed by atoms with E-state index in [1.165, 1.54) is 9.80 Å². The van der Waals surface area contributed by atoms with Crippen molar-refractivity contribution in [3.05, 3.63) is 0 Å². The van der Waals surface area contributed by atoms with Crippen molar-refractivity contribution in [2.45, 2.75) is 51.6 Å². The topological polar surface area (TPSA) is 156 Å². The fourth-order valence-electron chi connectivity index (χ4n) is 2.90. The molecule has 2 unspecified atom stereocenters. The molecule has 0 aromatic heterocycles. The Balaban J connectivity index is 5.58. The maximum Gasteiger partial charge on any atom is 0.317 e. The molecule has 2 atom stereocenters. The van der Waals surface area contributed by atoms with Crippen molar-refractivity contribution in [2.24, 2.45) is 0 Å². The average molecular weight is 376 g/mol. The standard InChI is InChI=1S/C16H28N2O8/c1-3-4-5-6-12(18(9-15(23)24)10-16(25)26)11(2)17(7-13(19)20)8-14(21)22/h11-12H,3-10H2,1-2H3,(H,19,20)(H,21,22)(H,23,24)(H,25,26). The van der Waals surface area contributed by atoms with E-state index in [4.69, 9.17) is 20.4 Å². The van der Waals surface area contributed by atoms with Crippen molar-refractivity contribution in [1.82, 2.24) is 9.80 Å². The molecule has 4 N–H and O–H groups in total. The number of unbranched alkanes of at least 4 members (excludes halogenated alkanes) is 2. The second-order valence-corrected chi connectivity index (χ2v) is 6.19. The van der Waals surface area contributed by atoms with Gasteiger partial charge in [-0.1, -0.05) is 26.2 Å². The maximum atomic E-state index is 11.1. The Labute approximate surface area is 152 Å². The largest absolute Gasteiger partial charge is 0.480 e. The summed E-state index contributed by atoms with van der Waals surface area (Å²) in [5.74, 6) is -4.84. The van der Waals surface area contributed by atoms with Crippen LogP contribution in [0.1, 0.15) is 39.5 Å². The van der Waals surface area contributed by atoms with E-state index in [0.29, 0.717) is 12.8 Å². The zero-order chi connectivity index (χ0) is 20.3. The second-order valence-electron chi connectivity index (χ2n) is 6.19. The summed E-state index contributed by atoms with van der Waals surface area (Å²) < 4.78 is 0. The summed E-state index contributed by atoms with van der Waals surface area (Å²) in [6.07, 6.45) is 2.86. The third kappa shape index (κ3) is 9.94. The van der Waals surface area contributed by atoms with Gasteiger partial charge in [0.15, 0.2) is 0 Å². The average Bonchev–Trinajstić information content (AvgIpc) is 2.48. The van der Waals surface area contributed by atoms with E-state index < -0.39 is 62.1 Å². The van der Waals surface area contributed by atoms with Crippen molar-refractivity contribution < 1.29 is 39.6 Å². The van der Waals surface area contributed by atoms with Gasteiger partial charge in [-0.2, -0.15) is 0 Å². The SMILES string of the molecule is CCCCCC(C(C)N(CC(=O)O)CC(=O)O)N(CC(=O)O)CC(=O)O. The van der Waals surface area contributed by atoms with Gasteiger partial charge in [0.2, 0.25) is 0 Å². The highest BCUT2D eigenvalue weighted by Gasteiger charge is 2.32. The molecule has 0 amide bonds. The van der Waals surface area contributed by atoms with Gasteiger partial charge < -0.3 is 20.4 Å². The van der Waals surface area contributed by atoms with Gasteiger partial charge in [-0.15, -0.1) is 0 Å². The fraction of sp³-hybridized carbons (Fsp3) is 0.750. The van der Waals surface area contributed by atoms with Crippen LogP contribution in [-0.4, -0.2) is 92.4 Å². The van der Waals surface area contributed by atoms with Gasteiger partial charge in [-0.05, 0) is 13.3 Å². The van der Waals surface area contributed by atoms with Gasteiger partial charge in [-0.3, -0.25) is 29.0 Å². The maximum absolute atomic E-state index is 11.1. The lowest BCUT2D eigenvalue weighted by molar-refractivity contribution is -0.148. The number of hydrogen-bond donors (Lipinski definition) is 4. The predicted octanol–water partition coefficient (Wildman–Crippen LogP) is 0.266. The lowest BCUT2D eigenvalue weighted by atomic mass is 9.98. The van der Waals surface area contributed by atoms with E-state index in [9.17, 15) is 19.2 Å². The predicted molar refractivity (Wildman–Crippen MR) is 91.1 cm³/mol. The summed E-state index contributed by atoms with van der Waals surface area (Å²) in [4.78, 5) is 46.9. The summed E-state index contributed by atoms with van der Waals surface area (Å²) in [6.45, 7) is 1.45.